The van der Waals surface area contributed by atoms with E-state index in [-0.39, 0.29) is 0 Å². The number of methoxy groups -OCH3 is 1. The molecule has 1 heterocycles. The summed E-state index contributed by atoms with van der Waals surface area (Å²) in [6.07, 6.45) is 0.823. The van der Waals surface area contributed by atoms with Crippen molar-refractivity contribution in [2.75, 3.05) is 13.7 Å². The Bertz CT molecular complexity index is 299. The van der Waals surface area contributed by atoms with E-state index >= 15 is 0 Å². The standard InChI is InChI=1S/C10H18BrN3O/c1-8(2)7-14-9(4-5-15-3)12-13-10(14)6-11/h8H,4-7H2,1-3H3. The van der Waals surface area contributed by atoms with Gasteiger partial charge in [0.1, 0.15) is 11.6 Å². The minimum atomic E-state index is 0.597. The molecule has 5 heteroatoms. The smallest absolute Gasteiger partial charge is 0.143 e. The van der Waals surface area contributed by atoms with Crippen LogP contribution < -0.4 is 0 Å². The number of aromatic nitrogens is 3. The lowest BCUT2D eigenvalue weighted by atomic mass is 10.2. The summed E-state index contributed by atoms with van der Waals surface area (Å²) in [6.45, 7) is 6.04. The van der Waals surface area contributed by atoms with Gasteiger partial charge in [0.25, 0.3) is 0 Å². The summed E-state index contributed by atoms with van der Waals surface area (Å²) in [5.41, 5.74) is 0. The first-order valence-electron chi connectivity index (χ1n) is 5.14. The maximum atomic E-state index is 5.06. The largest absolute Gasteiger partial charge is 0.384 e. The van der Waals surface area contributed by atoms with Gasteiger partial charge >= 0.3 is 0 Å². The van der Waals surface area contributed by atoms with Gasteiger partial charge in [-0.1, -0.05) is 29.8 Å². The molecule has 1 aromatic rings. The second-order valence-corrected chi connectivity index (χ2v) is 4.47. The molecule has 0 atom stereocenters. The third-order valence-corrected chi connectivity index (χ3v) is 2.60. The molecule has 86 valence electrons. The average Bonchev–Trinajstić information content (AvgIpc) is 2.57. The minimum Gasteiger partial charge on any atom is -0.384 e. The number of hydrogen-bond donors (Lipinski definition) is 0. The van der Waals surface area contributed by atoms with Crippen molar-refractivity contribution in [1.82, 2.24) is 14.8 Å². The van der Waals surface area contributed by atoms with E-state index in [1.807, 2.05) is 0 Å². The first-order chi connectivity index (χ1) is 7.19. The minimum absolute atomic E-state index is 0.597. The van der Waals surface area contributed by atoms with Crippen molar-refractivity contribution < 1.29 is 4.74 Å². The third kappa shape index (κ3) is 3.57. The zero-order chi connectivity index (χ0) is 11.3. The van der Waals surface area contributed by atoms with Gasteiger partial charge in [-0.3, -0.25) is 0 Å². The monoisotopic (exact) mass is 275 g/mol. The molecule has 0 amide bonds. The zero-order valence-electron chi connectivity index (χ0n) is 9.53. The van der Waals surface area contributed by atoms with E-state index in [4.69, 9.17) is 4.74 Å². The predicted octanol–water partition coefficient (Wildman–Crippen LogP) is 2.02. The highest BCUT2D eigenvalue weighted by atomic mass is 79.9. The molecule has 0 aliphatic rings. The highest BCUT2D eigenvalue weighted by Gasteiger charge is 2.11. The summed E-state index contributed by atoms with van der Waals surface area (Å²) in [5, 5.41) is 9.08. The van der Waals surface area contributed by atoms with Gasteiger partial charge in [-0.05, 0) is 5.92 Å². The van der Waals surface area contributed by atoms with Gasteiger partial charge in [-0.25, -0.2) is 0 Å². The maximum absolute atomic E-state index is 5.06. The Morgan fingerprint density at radius 1 is 1.33 bits per heavy atom. The molecule has 0 spiro atoms. The van der Waals surface area contributed by atoms with E-state index in [0.29, 0.717) is 12.5 Å². The van der Waals surface area contributed by atoms with E-state index in [2.05, 4.69) is 44.5 Å². The van der Waals surface area contributed by atoms with Crippen molar-refractivity contribution in [2.24, 2.45) is 5.92 Å². The average molecular weight is 276 g/mol. The van der Waals surface area contributed by atoms with Gasteiger partial charge in [0.05, 0.1) is 11.9 Å². The van der Waals surface area contributed by atoms with Crippen LogP contribution >= 0.6 is 15.9 Å². The fourth-order valence-electron chi connectivity index (χ4n) is 1.43. The number of nitrogens with zero attached hydrogens (tertiary/aromatic N) is 3. The SMILES string of the molecule is COCCc1nnc(CBr)n1CC(C)C. The van der Waals surface area contributed by atoms with Gasteiger partial charge in [0, 0.05) is 20.1 Å². The Morgan fingerprint density at radius 3 is 2.53 bits per heavy atom. The molecule has 0 saturated heterocycles. The van der Waals surface area contributed by atoms with Crippen molar-refractivity contribution in [1.29, 1.82) is 0 Å². The summed E-state index contributed by atoms with van der Waals surface area (Å²) in [5.74, 6) is 2.61. The lowest BCUT2D eigenvalue weighted by Gasteiger charge is -2.11. The van der Waals surface area contributed by atoms with Crippen LogP contribution in [0.5, 0.6) is 0 Å². The fraction of sp³-hybridized carbons (Fsp3) is 0.800. The van der Waals surface area contributed by atoms with Gasteiger partial charge in [-0.2, -0.15) is 0 Å². The van der Waals surface area contributed by atoms with Crippen molar-refractivity contribution in [3.63, 3.8) is 0 Å². The Kier molecular flexibility index (Phi) is 5.25. The van der Waals surface area contributed by atoms with Gasteiger partial charge in [-0.15, -0.1) is 10.2 Å². The molecular weight excluding hydrogens is 258 g/mol. The topological polar surface area (TPSA) is 39.9 Å². The van der Waals surface area contributed by atoms with E-state index in [1.54, 1.807) is 7.11 Å². The van der Waals surface area contributed by atoms with Crippen LogP contribution in [0, 0.1) is 5.92 Å². The van der Waals surface area contributed by atoms with E-state index < -0.39 is 0 Å². The van der Waals surface area contributed by atoms with Crippen LogP contribution in [0.25, 0.3) is 0 Å². The lowest BCUT2D eigenvalue weighted by molar-refractivity contribution is 0.199. The number of hydrogen-bond acceptors (Lipinski definition) is 3. The molecule has 1 aromatic heterocycles. The number of halogens is 1. The van der Waals surface area contributed by atoms with Crippen LogP contribution in [0.1, 0.15) is 25.5 Å². The first-order valence-corrected chi connectivity index (χ1v) is 6.27. The van der Waals surface area contributed by atoms with Crippen LogP contribution in [-0.4, -0.2) is 28.5 Å². The number of ether oxygens (including phenoxy) is 1. The highest BCUT2D eigenvalue weighted by molar-refractivity contribution is 9.08. The molecule has 0 aliphatic heterocycles. The molecule has 0 aliphatic carbocycles. The van der Waals surface area contributed by atoms with Crippen molar-refractivity contribution in [2.45, 2.75) is 32.1 Å². The zero-order valence-corrected chi connectivity index (χ0v) is 11.1. The van der Waals surface area contributed by atoms with Gasteiger partial charge in [0.15, 0.2) is 0 Å². The molecule has 4 nitrogen and oxygen atoms in total. The summed E-state index contributed by atoms with van der Waals surface area (Å²) >= 11 is 3.43. The Labute approximate surface area is 99.2 Å². The molecule has 0 bridgehead atoms. The van der Waals surface area contributed by atoms with E-state index in [0.717, 1.165) is 29.9 Å². The molecule has 0 fully saturated rings. The van der Waals surface area contributed by atoms with Crippen LogP contribution in [0.2, 0.25) is 0 Å². The normalized spacial score (nSPS) is 11.3. The number of alkyl halides is 1. The predicted molar refractivity (Wildman–Crippen MR) is 63.1 cm³/mol. The fourth-order valence-corrected chi connectivity index (χ4v) is 1.84. The molecule has 0 aromatic carbocycles. The molecule has 15 heavy (non-hydrogen) atoms. The Hall–Kier alpha value is -0.420. The van der Waals surface area contributed by atoms with Gasteiger partial charge in [0.2, 0.25) is 0 Å². The summed E-state index contributed by atoms with van der Waals surface area (Å²) < 4.78 is 7.23. The van der Waals surface area contributed by atoms with E-state index in [9.17, 15) is 0 Å². The highest BCUT2D eigenvalue weighted by Crippen LogP contribution is 2.10. The first kappa shape index (κ1) is 12.6. The molecular formula is C10H18BrN3O. The van der Waals surface area contributed by atoms with Crippen LogP contribution in [0.15, 0.2) is 0 Å². The second kappa shape index (κ2) is 6.23. The van der Waals surface area contributed by atoms with Crippen molar-refractivity contribution in [3.05, 3.63) is 11.6 Å². The lowest BCUT2D eigenvalue weighted by Crippen LogP contribution is -2.12. The molecule has 1 rings (SSSR count). The summed E-state index contributed by atoms with van der Waals surface area (Å²) in [4.78, 5) is 0. The third-order valence-electron chi connectivity index (χ3n) is 2.10. The van der Waals surface area contributed by atoms with Crippen LogP contribution in [0.4, 0.5) is 0 Å². The molecule has 0 unspecified atom stereocenters. The van der Waals surface area contributed by atoms with Gasteiger partial charge < -0.3 is 9.30 Å². The quantitative estimate of drug-likeness (QED) is 0.746. The van der Waals surface area contributed by atoms with Crippen molar-refractivity contribution in [3.8, 4) is 0 Å². The van der Waals surface area contributed by atoms with Crippen LogP contribution in [0.3, 0.4) is 0 Å². The number of rotatable bonds is 6. The van der Waals surface area contributed by atoms with Crippen LogP contribution in [-0.2, 0) is 23.0 Å². The maximum Gasteiger partial charge on any atom is 0.143 e. The Morgan fingerprint density at radius 2 is 2.00 bits per heavy atom. The van der Waals surface area contributed by atoms with Crippen molar-refractivity contribution >= 4 is 15.9 Å². The van der Waals surface area contributed by atoms with E-state index in [1.165, 1.54) is 0 Å². The molecule has 0 saturated carbocycles. The molecule has 0 N–H and O–H groups in total. The summed E-state index contributed by atoms with van der Waals surface area (Å²) in [7, 11) is 1.70. The second-order valence-electron chi connectivity index (χ2n) is 3.91. The molecule has 0 radical (unpaired) electrons. The Balaban J connectivity index is 2.80. The summed E-state index contributed by atoms with van der Waals surface area (Å²) in [6, 6.07) is 0.